The minimum absolute atomic E-state index is 0.0792. The Hall–Kier alpha value is -1.30. The number of carbonyl (C=O) groups excluding carboxylic acids is 1. The van der Waals surface area contributed by atoms with E-state index in [1.807, 2.05) is 13.8 Å². The lowest BCUT2D eigenvalue weighted by atomic mass is 9.84. The molecule has 0 atom stereocenters. The first kappa shape index (κ1) is 18.7. The Kier molecular flexibility index (Phi) is 9.80. The summed E-state index contributed by atoms with van der Waals surface area (Å²) in [6.45, 7) is 5.93. The molecule has 0 heterocycles. The maximum absolute atomic E-state index is 11.5. The fourth-order valence-electron chi connectivity index (χ4n) is 1.72. The molecule has 0 aliphatic heterocycles. The Morgan fingerprint density at radius 3 is 2.35 bits per heavy atom. The van der Waals surface area contributed by atoms with Gasteiger partial charge in [-0.3, -0.25) is 4.79 Å². The molecule has 0 bridgehead atoms. The molecule has 20 heavy (non-hydrogen) atoms. The van der Waals surface area contributed by atoms with Gasteiger partial charge in [-0.25, -0.2) is 4.79 Å². The molecule has 0 fully saturated rings. The highest BCUT2D eigenvalue weighted by molar-refractivity contribution is 5.73. The zero-order valence-corrected chi connectivity index (χ0v) is 12.8. The van der Waals surface area contributed by atoms with Crippen LogP contribution in [0.5, 0.6) is 0 Å². The third kappa shape index (κ3) is 11.8. The minimum atomic E-state index is -0.778. The maximum Gasteiger partial charge on any atom is 0.314 e. The number of amides is 2. The number of ether oxygens (including phenoxy) is 1. The molecule has 0 aliphatic carbocycles. The number of hydrogen-bond acceptors (Lipinski definition) is 3. The number of nitrogens with one attached hydrogen (secondary N) is 2. The fourth-order valence-corrected chi connectivity index (χ4v) is 1.72. The third-order valence-corrected chi connectivity index (χ3v) is 3.16. The Morgan fingerprint density at radius 2 is 1.75 bits per heavy atom. The lowest BCUT2D eigenvalue weighted by molar-refractivity contribution is -0.137. The van der Waals surface area contributed by atoms with Gasteiger partial charge < -0.3 is 20.5 Å². The van der Waals surface area contributed by atoms with Crippen LogP contribution in [0.3, 0.4) is 0 Å². The molecule has 0 saturated heterocycles. The topological polar surface area (TPSA) is 87.7 Å². The summed E-state index contributed by atoms with van der Waals surface area (Å²) in [6.07, 6.45) is 3.36. The highest BCUT2D eigenvalue weighted by Gasteiger charge is 2.19. The number of rotatable bonds is 11. The van der Waals surface area contributed by atoms with E-state index in [4.69, 9.17) is 9.84 Å². The molecule has 0 unspecified atom stereocenters. The summed E-state index contributed by atoms with van der Waals surface area (Å²) in [5.74, 6) is -0.778. The fraction of sp³-hybridized carbons (Fsp3) is 0.857. The number of urea groups is 1. The molecule has 0 radical (unpaired) electrons. The molecule has 6 heteroatoms. The van der Waals surface area contributed by atoms with Crippen LogP contribution >= 0.6 is 0 Å². The summed E-state index contributed by atoms with van der Waals surface area (Å²) >= 11 is 0. The van der Waals surface area contributed by atoms with E-state index >= 15 is 0 Å². The van der Waals surface area contributed by atoms with E-state index in [-0.39, 0.29) is 17.9 Å². The molecule has 2 amide bonds. The molecule has 0 rings (SSSR count). The second-order valence-electron chi connectivity index (χ2n) is 5.69. The van der Waals surface area contributed by atoms with Crippen LogP contribution in [0.1, 0.15) is 46.0 Å². The molecule has 0 saturated carbocycles. The number of methoxy groups -OCH3 is 1. The van der Waals surface area contributed by atoms with Gasteiger partial charge in [0.05, 0.1) is 0 Å². The van der Waals surface area contributed by atoms with Crippen molar-refractivity contribution >= 4 is 12.0 Å². The van der Waals surface area contributed by atoms with Crippen LogP contribution in [0.25, 0.3) is 0 Å². The van der Waals surface area contributed by atoms with Gasteiger partial charge in [-0.2, -0.15) is 0 Å². The van der Waals surface area contributed by atoms with Crippen molar-refractivity contribution in [3.8, 4) is 0 Å². The van der Waals surface area contributed by atoms with Crippen LogP contribution in [0.15, 0.2) is 0 Å². The van der Waals surface area contributed by atoms with E-state index in [9.17, 15) is 9.59 Å². The van der Waals surface area contributed by atoms with Crippen molar-refractivity contribution in [3.05, 3.63) is 0 Å². The Morgan fingerprint density at radius 1 is 1.10 bits per heavy atom. The molecule has 0 aliphatic rings. The lowest BCUT2D eigenvalue weighted by Crippen LogP contribution is -2.37. The van der Waals surface area contributed by atoms with Crippen LogP contribution in [-0.2, 0) is 9.53 Å². The second kappa shape index (κ2) is 10.5. The Bertz CT molecular complexity index is 293. The summed E-state index contributed by atoms with van der Waals surface area (Å²) in [4.78, 5) is 22.0. The van der Waals surface area contributed by atoms with Gasteiger partial charge in [-0.05, 0) is 31.1 Å². The molecule has 118 valence electrons. The third-order valence-electron chi connectivity index (χ3n) is 3.16. The van der Waals surface area contributed by atoms with Crippen LogP contribution in [0, 0.1) is 5.41 Å². The standard InChI is InChI=1S/C14H28N2O4/c1-14(2,7-6-12(17)18)8-10-16-13(19)15-9-4-5-11-20-3/h4-11H2,1-3H3,(H,17,18)(H2,15,16,19). The Balaban J connectivity index is 3.61. The highest BCUT2D eigenvalue weighted by Crippen LogP contribution is 2.25. The highest BCUT2D eigenvalue weighted by atomic mass is 16.5. The zero-order chi connectivity index (χ0) is 15.4. The summed E-state index contributed by atoms with van der Waals surface area (Å²) in [7, 11) is 1.66. The van der Waals surface area contributed by atoms with Crippen molar-refractivity contribution in [1.82, 2.24) is 10.6 Å². The van der Waals surface area contributed by atoms with Crippen molar-refractivity contribution < 1.29 is 19.4 Å². The number of carbonyl (C=O) groups is 2. The second-order valence-corrected chi connectivity index (χ2v) is 5.69. The van der Waals surface area contributed by atoms with Gasteiger partial charge in [0.25, 0.3) is 0 Å². The summed E-state index contributed by atoms with van der Waals surface area (Å²) in [5, 5.41) is 14.2. The van der Waals surface area contributed by atoms with Gasteiger partial charge in [-0.1, -0.05) is 13.8 Å². The van der Waals surface area contributed by atoms with E-state index < -0.39 is 5.97 Å². The molecule has 0 aromatic carbocycles. The number of carboxylic acids is 1. The van der Waals surface area contributed by atoms with Gasteiger partial charge in [-0.15, -0.1) is 0 Å². The van der Waals surface area contributed by atoms with E-state index in [1.165, 1.54) is 0 Å². The first-order valence-corrected chi connectivity index (χ1v) is 7.10. The molecule has 0 aromatic rings. The van der Waals surface area contributed by atoms with Crippen molar-refractivity contribution in [2.75, 3.05) is 26.8 Å². The summed E-state index contributed by atoms with van der Waals surface area (Å²) < 4.78 is 4.92. The van der Waals surface area contributed by atoms with E-state index in [2.05, 4.69) is 10.6 Å². The van der Waals surface area contributed by atoms with Gasteiger partial charge in [0.1, 0.15) is 0 Å². The van der Waals surface area contributed by atoms with Crippen LogP contribution in [-0.4, -0.2) is 43.9 Å². The molecule has 0 aromatic heterocycles. The minimum Gasteiger partial charge on any atom is -0.481 e. The SMILES string of the molecule is COCCCCNC(=O)NCCC(C)(C)CCC(=O)O. The zero-order valence-electron chi connectivity index (χ0n) is 12.8. The average Bonchev–Trinajstić information content (AvgIpc) is 2.36. The van der Waals surface area contributed by atoms with E-state index in [1.54, 1.807) is 7.11 Å². The molecular formula is C14H28N2O4. The first-order valence-electron chi connectivity index (χ1n) is 7.10. The van der Waals surface area contributed by atoms with Crippen LogP contribution in [0.2, 0.25) is 0 Å². The van der Waals surface area contributed by atoms with E-state index in [0.717, 1.165) is 19.3 Å². The summed E-state index contributed by atoms with van der Waals surface area (Å²) in [5.41, 5.74) is -0.0792. The van der Waals surface area contributed by atoms with Crippen molar-refractivity contribution in [1.29, 1.82) is 0 Å². The molecule has 0 spiro atoms. The number of aliphatic carboxylic acids is 1. The maximum atomic E-state index is 11.5. The molecular weight excluding hydrogens is 260 g/mol. The van der Waals surface area contributed by atoms with E-state index in [0.29, 0.717) is 26.1 Å². The van der Waals surface area contributed by atoms with Crippen molar-refractivity contribution in [2.24, 2.45) is 5.41 Å². The lowest BCUT2D eigenvalue weighted by Gasteiger charge is -2.23. The predicted octanol–water partition coefficient (Wildman–Crippen LogP) is 1.99. The first-order chi connectivity index (χ1) is 9.37. The van der Waals surface area contributed by atoms with Gasteiger partial charge in [0.15, 0.2) is 0 Å². The Labute approximate surface area is 121 Å². The number of unbranched alkanes of at least 4 members (excludes halogenated alkanes) is 1. The summed E-state index contributed by atoms with van der Waals surface area (Å²) in [6, 6.07) is -0.170. The predicted molar refractivity (Wildman–Crippen MR) is 77.8 cm³/mol. The number of hydrogen-bond donors (Lipinski definition) is 3. The van der Waals surface area contributed by atoms with Crippen molar-refractivity contribution in [3.63, 3.8) is 0 Å². The van der Waals surface area contributed by atoms with Crippen LogP contribution < -0.4 is 10.6 Å². The number of carboxylic acid groups (broad SMARTS) is 1. The average molecular weight is 288 g/mol. The van der Waals surface area contributed by atoms with Crippen LogP contribution in [0.4, 0.5) is 4.79 Å². The quantitative estimate of drug-likeness (QED) is 0.507. The smallest absolute Gasteiger partial charge is 0.314 e. The van der Waals surface area contributed by atoms with Gasteiger partial charge in [0, 0.05) is 33.2 Å². The molecule has 3 N–H and O–H groups in total. The normalized spacial score (nSPS) is 11.2. The van der Waals surface area contributed by atoms with Gasteiger partial charge in [0.2, 0.25) is 0 Å². The van der Waals surface area contributed by atoms with Crippen molar-refractivity contribution in [2.45, 2.75) is 46.0 Å². The largest absolute Gasteiger partial charge is 0.481 e. The monoisotopic (exact) mass is 288 g/mol. The van der Waals surface area contributed by atoms with Gasteiger partial charge >= 0.3 is 12.0 Å². The molecule has 6 nitrogen and oxygen atoms in total.